The first-order chi connectivity index (χ1) is 13.1. The van der Waals surface area contributed by atoms with Gasteiger partial charge in [0.05, 0.1) is 16.8 Å². The zero-order chi connectivity index (χ0) is 18.8. The smallest absolute Gasteiger partial charge is 0.253 e. The highest BCUT2D eigenvalue weighted by Gasteiger charge is 2.23. The van der Waals surface area contributed by atoms with Gasteiger partial charge in [-0.25, -0.2) is 0 Å². The summed E-state index contributed by atoms with van der Waals surface area (Å²) in [4.78, 5) is 19.7. The number of rotatable bonds is 4. The second kappa shape index (κ2) is 7.39. The Morgan fingerprint density at radius 1 is 1.15 bits per heavy atom. The van der Waals surface area contributed by atoms with E-state index in [1.165, 1.54) is 11.3 Å². The van der Waals surface area contributed by atoms with Gasteiger partial charge >= 0.3 is 0 Å². The molecule has 1 aromatic heterocycles. The van der Waals surface area contributed by atoms with E-state index < -0.39 is 0 Å². The molecule has 0 radical (unpaired) electrons. The maximum Gasteiger partial charge on any atom is 0.253 e. The highest BCUT2D eigenvalue weighted by molar-refractivity contribution is 5.98. The Balaban J connectivity index is 1.40. The van der Waals surface area contributed by atoms with Crippen LogP contribution in [0, 0.1) is 19.8 Å². The molecular formula is C23H25N3O. The maximum absolute atomic E-state index is 12.7. The van der Waals surface area contributed by atoms with Gasteiger partial charge in [-0.1, -0.05) is 30.3 Å². The predicted octanol–water partition coefficient (Wildman–Crippen LogP) is 4.11. The molecule has 1 aliphatic heterocycles. The molecule has 1 saturated heterocycles. The van der Waals surface area contributed by atoms with Crippen molar-refractivity contribution < 1.29 is 4.79 Å². The molecule has 4 rings (SSSR count). The van der Waals surface area contributed by atoms with E-state index >= 15 is 0 Å². The number of pyridine rings is 1. The third kappa shape index (κ3) is 3.80. The van der Waals surface area contributed by atoms with E-state index in [9.17, 15) is 4.79 Å². The molecule has 0 spiro atoms. The fourth-order valence-corrected chi connectivity index (χ4v) is 3.81. The summed E-state index contributed by atoms with van der Waals surface area (Å²) in [5.74, 6) is 0.450. The lowest BCUT2D eigenvalue weighted by molar-refractivity contribution is 0.0947. The molecule has 0 saturated carbocycles. The SMILES string of the molecule is Cc1ccc2cc(C(=O)NCC3CCN(c4ccccc4)C3)c(C)nc2c1. The molecule has 1 N–H and O–H groups in total. The molecule has 138 valence electrons. The number of nitrogens with zero attached hydrogens (tertiary/aromatic N) is 2. The molecule has 4 heteroatoms. The molecule has 27 heavy (non-hydrogen) atoms. The van der Waals surface area contributed by atoms with Gasteiger partial charge in [-0.15, -0.1) is 0 Å². The molecule has 2 heterocycles. The number of para-hydroxylation sites is 1. The summed E-state index contributed by atoms with van der Waals surface area (Å²) < 4.78 is 0. The largest absolute Gasteiger partial charge is 0.371 e. The number of aryl methyl sites for hydroxylation is 2. The lowest BCUT2D eigenvalue weighted by Crippen LogP contribution is -2.31. The number of carbonyl (C=O) groups is 1. The van der Waals surface area contributed by atoms with Crippen molar-refractivity contribution >= 4 is 22.5 Å². The lowest BCUT2D eigenvalue weighted by Gasteiger charge is -2.18. The minimum absolute atomic E-state index is 0.0272. The van der Waals surface area contributed by atoms with Crippen LogP contribution in [-0.2, 0) is 0 Å². The van der Waals surface area contributed by atoms with Crippen molar-refractivity contribution in [2.45, 2.75) is 20.3 Å². The van der Waals surface area contributed by atoms with Gasteiger partial charge in [-0.3, -0.25) is 9.78 Å². The standard InChI is InChI=1S/C23H25N3O/c1-16-8-9-19-13-21(17(2)25-22(19)12-16)23(27)24-14-18-10-11-26(15-18)20-6-4-3-5-7-20/h3-9,12-13,18H,10-11,14-15H2,1-2H3,(H,24,27). The average Bonchev–Trinajstić information content (AvgIpc) is 3.15. The van der Waals surface area contributed by atoms with E-state index in [0.29, 0.717) is 18.0 Å². The highest BCUT2D eigenvalue weighted by Crippen LogP contribution is 2.23. The van der Waals surface area contributed by atoms with Crippen LogP contribution < -0.4 is 10.2 Å². The molecule has 1 fully saturated rings. The predicted molar refractivity (Wildman–Crippen MR) is 110 cm³/mol. The van der Waals surface area contributed by atoms with E-state index in [1.807, 2.05) is 25.1 Å². The van der Waals surface area contributed by atoms with Crippen molar-refractivity contribution in [1.29, 1.82) is 0 Å². The van der Waals surface area contributed by atoms with Crippen LogP contribution in [0.25, 0.3) is 10.9 Å². The number of fused-ring (bicyclic) bond motifs is 1. The number of nitrogens with one attached hydrogen (secondary N) is 1. The van der Waals surface area contributed by atoms with Crippen molar-refractivity contribution in [3.05, 3.63) is 71.4 Å². The zero-order valence-corrected chi connectivity index (χ0v) is 15.9. The van der Waals surface area contributed by atoms with Crippen LogP contribution in [-0.4, -0.2) is 30.5 Å². The number of hydrogen-bond acceptors (Lipinski definition) is 3. The third-order valence-electron chi connectivity index (χ3n) is 5.37. The summed E-state index contributed by atoms with van der Waals surface area (Å²) in [6, 6.07) is 18.6. The molecule has 4 nitrogen and oxygen atoms in total. The molecule has 1 amide bonds. The first-order valence-electron chi connectivity index (χ1n) is 9.56. The van der Waals surface area contributed by atoms with E-state index in [0.717, 1.165) is 36.1 Å². The normalized spacial score (nSPS) is 16.7. The summed E-state index contributed by atoms with van der Waals surface area (Å²) in [5.41, 5.74) is 4.83. The van der Waals surface area contributed by atoms with Crippen molar-refractivity contribution in [3.8, 4) is 0 Å². The Kier molecular flexibility index (Phi) is 4.80. The summed E-state index contributed by atoms with van der Waals surface area (Å²) in [5, 5.41) is 4.13. The molecule has 0 aliphatic carbocycles. The van der Waals surface area contributed by atoms with E-state index in [-0.39, 0.29) is 5.91 Å². The zero-order valence-electron chi connectivity index (χ0n) is 15.9. The van der Waals surface area contributed by atoms with Gasteiger partial charge in [0, 0.05) is 30.7 Å². The molecular weight excluding hydrogens is 334 g/mol. The maximum atomic E-state index is 12.7. The number of carbonyl (C=O) groups excluding carboxylic acids is 1. The van der Waals surface area contributed by atoms with Crippen LogP contribution in [0.5, 0.6) is 0 Å². The number of anilines is 1. The van der Waals surface area contributed by atoms with Gasteiger partial charge in [0.1, 0.15) is 0 Å². The summed E-state index contributed by atoms with van der Waals surface area (Å²) in [6.07, 6.45) is 1.10. The molecule has 1 aliphatic rings. The molecule has 2 aromatic carbocycles. The number of amides is 1. The van der Waals surface area contributed by atoms with Crippen molar-refractivity contribution in [2.75, 3.05) is 24.5 Å². The van der Waals surface area contributed by atoms with Gasteiger partial charge in [0.25, 0.3) is 5.91 Å². The van der Waals surface area contributed by atoms with Gasteiger partial charge in [-0.05, 0) is 56.0 Å². The van der Waals surface area contributed by atoms with Crippen LogP contribution in [0.15, 0.2) is 54.6 Å². The molecule has 0 bridgehead atoms. The summed E-state index contributed by atoms with van der Waals surface area (Å²) in [6.45, 7) is 6.69. The highest BCUT2D eigenvalue weighted by atomic mass is 16.1. The molecule has 3 aromatic rings. The Morgan fingerprint density at radius 2 is 1.96 bits per heavy atom. The van der Waals surface area contributed by atoms with Crippen LogP contribution in [0.3, 0.4) is 0 Å². The Hall–Kier alpha value is -2.88. The Bertz CT molecular complexity index is 968. The minimum atomic E-state index is -0.0272. The average molecular weight is 359 g/mol. The number of hydrogen-bond donors (Lipinski definition) is 1. The Labute approximate surface area is 160 Å². The molecule has 1 atom stereocenters. The van der Waals surface area contributed by atoms with Gasteiger partial charge in [0.2, 0.25) is 0 Å². The van der Waals surface area contributed by atoms with Crippen LogP contribution in [0.2, 0.25) is 0 Å². The quantitative estimate of drug-likeness (QED) is 0.762. The number of benzene rings is 2. The monoisotopic (exact) mass is 359 g/mol. The lowest BCUT2D eigenvalue weighted by atomic mass is 10.1. The van der Waals surface area contributed by atoms with Crippen LogP contribution in [0.4, 0.5) is 5.69 Å². The van der Waals surface area contributed by atoms with Crippen LogP contribution in [0.1, 0.15) is 28.0 Å². The fraction of sp³-hybridized carbons (Fsp3) is 0.304. The van der Waals surface area contributed by atoms with E-state index in [2.05, 4.69) is 58.5 Å². The molecule has 1 unspecified atom stereocenters. The van der Waals surface area contributed by atoms with Gasteiger partial charge in [-0.2, -0.15) is 0 Å². The van der Waals surface area contributed by atoms with Crippen molar-refractivity contribution in [1.82, 2.24) is 10.3 Å². The fourth-order valence-electron chi connectivity index (χ4n) is 3.81. The van der Waals surface area contributed by atoms with Crippen molar-refractivity contribution in [2.24, 2.45) is 5.92 Å². The minimum Gasteiger partial charge on any atom is -0.371 e. The summed E-state index contributed by atoms with van der Waals surface area (Å²) >= 11 is 0. The van der Waals surface area contributed by atoms with Gasteiger partial charge < -0.3 is 10.2 Å². The van der Waals surface area contributed by atoms with E-state index in [1.54, 1.807) is 0 Å². The summed E-state index contributed by atoms with van der Waals surface area (Å²) in [7, 11) is 0. The first-order valence-corrected chi connectivity index (χ1v) is 9.56. The second-order valence-electron chi connectivity index (χ2n) is 7.46. The Morgan fingerprint density at radius 3 is 2.78 bits per heavy atom. The third-order valence-corrected chi connectivity index (χ3v) is 5.37. The second-order valence-corrected chi connectivity index (χ2v) is 7.46. The van der Waals surface area contributed by atoms with Gasteiger partial charge in [0.15, 0.2) is 0 Å². The number of aromatic nitrogens is 1. The van der Waals surface area contributed by atoms with Crippen LogP contribution >= 0.6 is 0 Å². The van der Waals surface area contributed by atoms with Crippen molar-refractivity contribution in [3.63, 3.8) is 0 Å². The van der Waals surface area contributed by atoms with E-state index in [4.69, 9.17) is 0 Å². The topological polar surface area (TPSA) is 45.2 Å². The first kappa shape index (κ1) is 17.5.